The minimum Gasteiger partial charge on any atom is -0.387 e. The van der Waals surface area contributed by atoms with E-state index in [0.29, 0.717) is 0 Å². The highest BCUT2D eigenvalue weighted by Gasteiger charge is 2.30. The highest BCUT2D eigenvalue weighted by Crippen LogP contribution is 2.30. The second-order valence-corrected chi connectivity index (χ2v) is 6.28. The van der Waals surface area contributed by atoms with Gasteiger partial charge in [-0.2, -0.15) is 13.2 Å². The minimum absolute atomic E-state index is 0.0574. The molecule has 0 aliphatic carbocycles. The Morgan fingerprint density at radius 2 is 1.95 bits per heavy atom. The van der Waals surface area contributed by atoms with Gasteiger partial charge in [-0.3, -0.25) is 4.39 Å². The summed E-state index contributed by atoms with van der Waals surface area (Å²) >= 11 is 0. The number of aliphatic hydroxyl groups excluding tert-OH is 1. The van der Waals surface area contributed by atoms with Crippen molar-refractivity contribution in [2.75, 3.05) is 19.0 Å². The van der Waals surface area contributed by atoms with Crippen LogP contribution in [-0.4, -0.2) is 32.5 Å². The third kappa shape index (κ3) is 5.98. The van der Waals surface area contributed by atoms with Gasteiger partial charge in [0.25, 0.3) is 0 Å². The Morgan fingerprint density at radius 1 is 1.29 bits per heavy atom. The van der Waals surface area contributed by atoms with Gasteiger partial charge in [0.2, 0.25) is 10.0 Å². The number of nitrogens with one attached hydrogen (secondary N) is 1. The highest BCUT2D eigenvalue weighted by atomic mass is 32.2. The molecule has 1 aromatic carbocycles. The van der Waals surface area contributed by atoms with Crippen molar-refractivity contribution in [1.29, 1.82) is 0 Å². The maximum Gasteiger partial charge on any atom is 0.416 e. The first-order valence-electron chi connectivity index (χ1n) is 6.04. The monoisotopic (exact) mass is 329 g/mol. The summed E-state index contributed by atoms with van der Waals surface area (Å²) in [5.74, 6) is -0.446. The van der Waals surface area contributed by atoms with Crippen LogP contribution in [0.2, 0.25) is 0 Å². The molecule has 2 N–H and O–H groups in total. The van der Waals surface area contributed by atoms with Gasteiger partial charge in [0, 0.05) is 6.54 Å². The summed E-state index contributed by atoms with van der Waals surface area (Å²) in [7, 11) is -3.76. The predicted molar refractivity (Wildman–Crippen MR) is 68.8 cm³/mol. The first-order valence-corrected chi connectivity index (χ1v) is 7.69. The van der Waals surface area contributed by atoms with Crippen molar-refractivity contribution in [3.8, 4) is 0 Å². The van der Waals surface area contributed by atoms with Crippen LogP contribution in [0.1, 0.15) is 23.7 Å². The molecular weight excluding hydrogens is 314 g/mol. The van der Waals surface area contributed by atoms with Crippen molar-refractivity contribution in [1.82, 2.24) is 4.72 Å². The Balaban J connectivity index is 2.70. The van der Waals surface area contributed by atoms with Crippen LogP contribution in [0.3, 0.4) is 0 Å². The van der Waals surface area contributed by atoms with Crippen LogP contribution in [-0.2, 0) is 16.2 Å². The van der Waals surface area contributed by atoms with Gasteiger partial charge in [-0.05, 0) is 24.1 Å². The van der Waals surface area contributed by atoms with Crippen molar-refractivity contribution in [2.45, 2.75) is 18.7 Å². The molecule has 1 aromatic rings. The molecule has 1 atom stereocenters. The maximum atomic E-state index is 12.5. The fourth-order valence-corrected chi connectivity index (χ4v) is 2.61. The molecule has 0 fully saturated rings. The Kier molecular flexibility index (Phi) is 6.11. The average molecular weight is 329 g/mol. The Labute approximate surface area is 119 Å². The number of sulfonamides is 1. The van der Waals surface area contributed by atoms with E-state index in [1.807, 2.05) is 4.72 Å². The molecule has 0 radical (unpaired) electrons. The second kappa shape index (κ2) is 7.19. The Hall–Kier alpha value is -1.19. The molecule has 0 aromatic heterocycles. The minimum atomic E-state index is -4.55. The van der Waals surface area contributed by atoms with E-state index in [0.717, 1.165) is 18.2 Å². The third-order valence-electron chi connectivity index (χ3n) is 2.64. The van der Waals surface area contributed by atoms with Gasteiger partial charge in [-0.15, -0.1) is 0 Å². The summed E-state index contributed by atoms with van der Waals surface area (Å²) in [4.78, 5) is 0. The first-order chi connectivity index (χ1) is 9.65. The molecule has 0 heterocycles. The van der Waals surface area contributed by atoms with Gasteiger partial charge in [0.15, 0.2) is 0 Å². The molecule has 120 valence electrons. The van der Waals surface area contributed by atoms with Crippen molar-refractivity contribution in [2.24, 2.45) is 0 Å². The van der Waals surface area contributed by atoms with Gasteiger partial charge in [-0.1, -0.05) is 12.1 Å². The number of aliphatic hydroxyl groups is 1. The highest BCUT2D eigenvalue weighted by molar-refractivity contribution is 7.89. The molecule has 21 heavy (non-hydrogen) atoms. The zero-order valence-corrected chi connectivity index (χ0v) is 11.7. The second-order valence-electron chi connectivity index (χ2n) is 4.35. The Bertz CT molecular complexity index is 560. The topological polar surface area (TPSA) is 66.4 Å². The molecular formula is C12H15F4NO3S. The van der Waals surface area contributed by atoms with E-state index in [1.54, 1.807) is 0 Å². The lowest BCUT2D eigenvalue weighted by Crippen LogP contribution is -2.30. The molecule has 0 spiro atoms. The molecule has 0 saturated carbocycles. The lowest BCUT2D eigenvalue weighted by molar-refractivity contribution is -0.137. The number of rotatable bonds is 7. The molecule has 0 aliphatic heterocycles. The van der Waals surface area contributed by atoms with Crippen LogP contribution in [0.15, 0.2) is 24.3 Å². The van der Waals surface area contributed by atoms with Crippen molar-refractivity contribution in [3.05, 3.63) is 35.4 Å². The Morgan fingerprint density at radius 3 is 2.52 bits per heavy atom. The van der Waals surface area contributed by atoms with Crippen LogP contribution in [0.5, 0.6) is 0 Å². The molecule has 0 saturated heterocycles. The first kappa shape index (κ1) is 17.9. The van der Waals surface area contributed by atoms with E-state index in [1.165, 1.54) is 6.07 Å². The summed E-state index contributed by atoms with van der Waals surface area (Å²) in [6, 6.07) is 3.98. The van der Waals surface area contributed by atoms with Crippen molar-refractivity contribution in [3.63, 3.8) is 0 Å². The fraction of sp³-hybridized carbons (Fsp3) is 0.500. The van der Waals surface area contributed by atoms with Crippen LogP contribution < -0.4 is 4.72 Å². The summed E-state index contributed by atoms with van der Waals surface area (Å²) in [6.07, 6.45) is -6.15. The third-order valence-corrected chi connectivity index (χ3v) is 4.07. The van der Waals surface area contributed by atoms with Crippen LogP contribution >= 0.6 is 0 Å². The van der Waals surface area contributed by atoms with Gasteiger partial charge in [-0.25, -0.2) is 13.1 Å². The lowest BCUT2D eigenvalue weighted by Gasteiger charge is -2.14. The van der Waals surface area contributed by atoms with E-state index in [9.17, 15) is 31.1 Å². The molecule has 4 nitrogen and oxygen atoms in total. The van der Waals surface area contributed by atoms with E-state index >= 15 is 0 Å². The van der Waals surface area contributed by atoms with Gasteiger partial charge in [0.05, 0.1) is 24.1 Å². The molecule has 0 aliphatic rings. The standard InChI is InChI=1S/C12H15F4NO3S/c13-5-2-6-21(19,20)17-8-11(18)9-3-1-4-10(7-9)12(14,15)16/h1,3-4,7,11,17-18H,2,5-6,8H2. The zero-order chi connectivity index (χ0) is 16.1. The fourth-order valence-electron chi connectivity index (χ4n) is 1.56. The van der Waals surface area contributed by atoms with E-state index in [4.69, 9.17) is 0 Å². The summed E-state index contributed by atoms with van der Waals surface area (Å²) in [5.41, 5.74) is -0.989. The van der Waals surface area contributed by atoms with Crippen molar-refractivity contribution >= 4 is 10.0 Å². The predicted octanol–water partition coefficient (Wildman–Crippen LogP) is 2.02. The molecule has 0 bridgehead atoms. The smallest absolute Gasteiger partial charge is 0.387 e. The van der Waals surface area contributed by atoms with E-state index < -0.39 is 46.8 Å². The number of alkyl halides is 4. The molecule has 9 heteroatoms. The normalized spacial score (nSPS) is 14.1. The van der Waals surface area contributed by atoms with E-state index in [2.05, 4.69) is 0 Å². The zero-order valence-electron chi connectivity index (χ0n) is 10.9. The lowest BCUT2D eigenvalue weighted by atomic mass is 10.1. The largest absolute Gasteiger partial charge is 0.416 e. The number of hydrogen-bond acceptors (Lipinski definition) is 3. The average Bonchev–Trinajstić information content (AvgIpc) is 2.42. The summed E-state index contributed by atoms with van der Waals surface area (Å²) in [6.45, 7) is -1.27. The number of benzene rings is 1. The number of halogens is 4. The SMILES string of the molecule is O=S(=O)(CCCF)NCC(O)c1cccc(C(F)(F)F)c1. The summed E-state index contributed by atoms with van der Waals surface area (Å²) in [5, 5.41) is 9.73. The van der Waals surface area contributed by atoms with E-state index in [-0.39, 0.29) is 12.0 Å². The maximum absolute atomic E-state index is 12.5. The molecule has 0 amide bonds. The summed E-state index contributed by atoms with van der Waals surface area (Å²) < 4.78 is 74.2. The number of hydrogen-bond donors (Lipinski definition) is 2. The quantitative estimate of drug-likeness (QED) is 0.752. The van der Waals surface area contributed by atoms with Gasteiger partial charge in [0.1, 0.15) is 0 Å². The molecule has 1 unspecified atom stereocenters. The molecule has 1 rings (SSSR count). The van der Waals surface area contributed by atoms with Crippen molar-refractivity contribution < 1.29 is 31.1 Å². The van der Waals surface area contributed by atoms with Gasteiger partial charge < -0.3 is 5.11 Å². The van der Waals surface area contributed by atoms with Crippen LogP contribution in [0, 0.1) is 0 Å². The van der Waals surface area contributed by atoms with Gasteiger partial charge >= 0.3 is 6.18 Å². The van der Waals surface area contributed by atoms with Crippen LogP contribution in [0.25, 0.3) is 0 Å². The van der Waals surface area contributed by atoms with Crippen LogP contribution in [0.4, 0.5) is 17.6 Å².